The van der Waals surface area contributed by atoms with Gasteiger partial charge in [0.1, 0.15) is 0 Å². The van der Waals surface area contributed by atoms with Gasteiger partial charge in [-0.1, -0.05) is 70.5 Å². The first-order chi connectivity index (χ1) is 11.0. The molecule has 5 heteroatoms. The van der Waals surface area contributed by atoms with Gasteiger partial charge in [0.15, 0.2) is 0 Å². The highest BCUT2D eigenvalue weighted by atomic mass is 79.9. The van der Waals surface area contributed by atoms with E-state index in [1.807, 2.05) is 61.5 Å². The van der Waals surface area contributed by atoms with E-state index in [-0.39, 0.29) is 6.04 Å². The fourth-order valence-corrected chi connectivity index (χ4v) is 4.50. The lowest BCUT2D eigenvalue weighted by Gasteiger charge is -2.16. The normalized spacial score (nSPS) is 13.1. The lowest BCUT2D eigenvalue weighted by molar-refractivity contribution is 0.568. The number of sulfonamides is 1. The van der Waals surface area contributed by atoms with Crippen molar-refractivity contribution in [3.8, 4) is 0 Å². The maximum Gasteiger partial charge on any atom is 0.241 e. The van der Waals surface area contributed by atoms with Gasteiger partial charge in [-0.3, -0.25) is 0 Å². The summed E-state index contributed by atoms with van der Waals surface area (Å²) in [4.78, 5) is 0.291. The van der Waals surface area contributed by atoms with Gasteiger partial charge in [0.2, 0.25) is 10.0 Å². The Bertz CT molecular complexity index is 940. The van der Waals surface area contributed by atoms with Gasteiger partial charge in [0.05, 0.1) is 4.90 Å². The average Bonchev–Trinajstić information content (AvgIpc) is 2.55. The molecule has 0 radical (unpaired) electrons. The molecular weight excluding hydrogens is 374 g/mol. The highest BCUT2D eigenvalue weighted by Gasteiger charge is 2.21. The zero-order valence-corrected chi connectivity index (χ0v) is 14.9. The summed E-state index contributed by atoms with van der Waals surface area (Å²) >= 11 is 3.47. The van der Waals surface area contributed by atoms with E-state index in [0.29, 0.717) is 10.3 Å². The van der Waals surface area contributed by atoms with E-state index < -0.39 is 10.0 Å². The second-order valence-electron chi connectivity index (χ2n) is 5.34. The average molecular weight is 390 g/mol. The van der Waals surface area contributed by atoms with E-state index in [4.69, 9.17) is 0 Å². The maximum absolute atomic E-state index is 12.8. The molecular formula is C18H16BrNO2S. The SMILES string of the molecule is C[C@@H](NS(=O)(=O)c1ccc(Br)c2ccccc12)c1ccccc1. The number of fused-ring (bicyclic) bond motifs is 1. The van der Waals surface area contributed by atoms with Crippen molar-refractivity contribution in [2.75, 3.05) is 0 Å². The first kappa shape index (κ1) is 16.2. The summed E-state index contributed by atoms with van der Waals surface area (Å²) < 4.78 is 29.3. The number of halogens is 1. The molecule has 0 aliphatic rings. The molecule has 3 nitrogen and oxygen atoms in total. The molecule has 3 aromatic carbocycles. The van der Waals surface area contributed by atoms with Crippen LogP contribution in [0, 0.1) is 0 Å². The van der Waals surface area contributed by atoms with Crippen molar-refractivity contribution < 1.29 is 8.42 Å². The quantitative estimate of drug-likeness (QED) is 0.706. The van der Waals surface area contributed by atoms with Gasteiger partial charge in [-0.25, -0.2) is 13.1 Å². The Morgan fingerprint density at radius 3 is 2.17 bits per heavy atom. The Morgan fingerprint density at radius 1 is 0.870 bits per heavy atom. The zero-order valence-electron chi connectivity index (χ0n) is 12.5. The maximum atomic E-state index is 12.8. The van der Waals surface area contributed by atoms with Gasteiger partial charge in [0, 0.05) is 15.9 Å². The molecule has 0 saturated heterocycles. The molecule has 0 aliphatic carbocycles. The predicted octanol–water partition coefficient (Wildman–Crippen LogP) is 4.64. The van der Waals surface area contributed by atoms with E-state index in [0.717, 1.165) is 15.4 Å². The summed E-state index contributed by atoms with van der Waals surface area (Å²) in [5, 5.41) is 1.58. The van der Waals surface area contributed by atoms with Gasteiger partial charge in [-0.2, -0.15) is 0 Å². The molecule has 0 aromatic heterocycles. The van der Waals surface area contributed by atoms with Crippen LogP contribution in [-0.4, -0.2) is 8.42 Å². The third-order valence-electron chi connectivity index (χ3n) is 3.75. The molecule has 1 atom stereocenters. The van der Waals surface area contributed by atoms with Crippen LogP contribution in [0.1, 0.15) is 18.5 Å². The van der Waals surface area contributed by atoms with Crippen LogP contribution >= 0.6 is 15.9 Å². The number of hydrogen-bond acceptors (Lipinski definition) is 2. The summed E-state index contributed by atoms with van der Waals surface area (Å²) in [6.07, 6.45) is 0. The minimum atomic E-state index is -3.62. The van der Waals surface area contributed by atoms with Crippen LogP contribution in [0.15, 0.2) is 76.1 Å². The molecule has 0 amide bonds. The molecule has 0 aliphatic heterocycles. The highest BCUT2D eigenvalue weighted by molar-refractivity contribution is 9.10. The zero-order chi connectivity index (χ0) is 16.4. The van der Waals surface area contributed by atoms with Gasteiger partial charge < -0.3 is 0 Å². The van der Waals surface area contributed by atoms with Crippen LogP contribution < -0.4 is 4.72 Å². The summed E-state index contributed by atoms with van der Waals surface area (Å²) in [5.74, 6) is 0. The first-order valence-corrected chi connectivity index (χ1v) is 9.51. The molecule has 0 spiro atoms. The third-order valence-corrected chi connectivity index (χ3v) is 6.04. The fraction of sp³-hybridized carbons (Fsp3) is 0.111. The van der Waals surface area contributed by atoms with Crippen LogP contribution in [0.2, 0.25) is 0 Å². The third kappa shape index (κ3) is 3.32. The Balaban J connectivity index is 2.02. The van der Waals surface area contributed by atoms with Crippen LogP contribution in [0.3, 0.4) is 0 Å². The van der Waals surface area contributed by atoms with Gasteiger partial charge >= 0.3 is 0 Å². The molecule has 23 heavy (non-hydrogen) atoms. The number of hydrogen-bond donors (Lipinski definition) is 1. The second kappa shape index (κ2) is 6.43. The van der Waals surface area contributed by atoms with Crippen LogP contribution in [-0.2, 0) is 10.0 Å². The number of nitrogens with one attached hydrogen (secondary N) is 1. The molecule has 3 rings (SSSR count). The first-order valence-electron chi connectivity index (χ1n) is 7.23. The van der Waals surface area contributed by atoms with E-state index in [2.05, 4.69) is 20.7 Å². The highest BCUT2D eigenvalue weighted by Crippen LogP contribution is 2.30. The smallest absolute Gasteiger partial charge is 0.207 e. The van der Waals surface area contributed by atoms with Gasteiger partial charge in [-0.15, -0.1) is 0 Å². The monoisotopic (exact) mass is 389 g/mol. The summed E-state index contributed by atoms with van der Waals surface area (Å²) in [6.45, 7) is 1.84. The van der Waals surface area contributed by atoms with Crippen molar-refractivity contribution in [3.63, 3.8) is 0 Å². The Hall–Kier alpha value is -1.69. The van der Waals surface area contributed by atoms with Crippen molar-refractivity contribution in [2.24, 2.45) is 0 Å². The lowest BCUT2D eigenvalue weighted by Crippen LogP contribution is -2.27. The van der Waals surface area contributed by atoms with Gasteiger partial charge in [0.25, 0.3) is 0 Å². The Kier molecular flexibility index (Phi) is 4.53. The molecule has 3 aromatic rings. The molecule has 0 unspecified atom stereocenters. The summed E-state index contributed by atoms with van der Waals surface area (Å²) in [5.41, 5.74) is 0.928. The Morgan fingerprint density at radius 2 is 1.48 bits per heavy atom. The molecule has 0 saturated carbocycles. The van der Waals surface area contributed by atoms with Crippen LogP contribution in [0.4, 0.5) is 0 Å². The molecule has 1 N–H and O–H groups in total. The van der Waals surface area contributed by atoms with Crippen molar-refractivity contribution in [1.29, 1.82) is 0 Å². The van der Waals surface area contributed by atoms with E-state index in [9.17, 15) is 8.42 Å². The summed E-state index contributed by atoms with van der Waals surface area (Å²) in [6, 6.07) is 20.1. The minimum absolute atomic E-state index is 0.291. The molecule has 0 heterocycles. The molecule has 0 fully saturated rings. The van der Waals surface area contributed by atoms with Crippen molar-refractivity contribution in [3.05, 3.63) is 76.8 Å². The van der Waals surface area contributed by atoms with Gasteiger partial charge in [-0.05, 0) is 30.0 Å². The minimum Gasteiger partial charge on any atom is -0.207 e. The van der Waals surface area contributed by atoms with E-state index in [1.165, 1.54) is 0 Å². The van der Waals surface area contributed by atoms with E-state index in [1.54, 1.807) is 12.1 Å². The lowest BCUT2D eigenvalue weighted by atomic mass is 10.1. The topological polar surface area (TPSA) is 46.2 Å². The Labute approximate surface area is 144 Å². The number of rotatable bonds is 4. The van der Waals surface area contributed by atoms with Crippen LogP contribution in [0.25, 0.3) is 10.8 Å². The number of benzene rings is 3. The standard InChI is InChI=1S/C18H16BrNO2S/c1-13(14-7-3-2-4-8-14)20-23(21,22)18-12-11-17(19)15-9-5-6-10-16(15)18/h2-13,20H,1H3/t13-/m1/s1. The fourth-order valence-electron chi connectivity index (χ4n) is 2.57. The summed E-state index contributed by atoms with van der Waals surface area (Å²) in [7, 11) is -3.62. The second-order valence-corrected chi connectivity index (χ2v) is 7.88. The molecule has 118 valence electrons. The predicted molar refractivity (Wildman–Crippen MR) is 96.8 cm³/mol. The van der Waals surface area contributed by atoms with Crippen LogP contribution in [0.5, 0.6) is 0 Å². The van der Waals surface area contributed by atoms with Crippen molar-refractivity contribution in [2.45, 2.75) is 17.9 Å². The van der Waals surface area contributed by atoms with E-state index >= 15 is 0 Å². The largest absolute Gasteiger partial charge is 0.241 e. The molecule has 0 bridgehead atoms. The van der Waals surface area contributed by atoms with Crippen molar-refractivity contribution >= 4 is 36.7 Å². The van der Waals surface area contributed by atoms with Crippen molar-refractivity contribution in [1.82, 2.24) is 4.72 Å².